The topological polar surface area (TPSA) is 75.4 Å². The molecule has 0 aliphatic rings. The molecule has 0 heterocycles. The van der Waals surface area contributed by atoms with E-state index in [4.69, 9.17) is 5.73 Å². The average molecular weight is 257 g/mol. The third-order valence-electron chi connectivity index (χ3n) is 2.65. The Labute approximate surface area is 103 Å². The number of nitrogens with one attached hydrogen (secondary N) is 1. The standard InChI is InChI=1S/C11H19N3O2S/c1-11(9-12,10-7-5-4-6-8-10)13-17(15,16)14(2)3/h4-8,13H,9,12H2,1-3H3. The maximum Gasteiger partial charge on any atom is 0.279 e. The predicted octanol–water partition coefficient (Wildman–Crippen LogP) is 0.257. The van der Waals surface area contributed by atoms with Crippen molar-refractivity contribution in [3.8, 4) is 0 Å². The first kappa shape index (κ1) is 14.1. The number of hydrogen-bond acceptors (Lipinski definition) is 3. The molecule has 96 valence electrons. The van der Waals surface area contributed by atoms with Gasteiger partial charge < -0.3 is 5.73 Å². The molecule has 1 atom stereocenters. The SMILES string of the molecule is CN(C)S(=O)(=O)NC(C)(CN)c1ccccc1. The van der Waals surface area contributed by atoms with Crippen LogP contribution in [0.15, 0.2) is 30.3 Å². The van der Waals surface area contributed by atoms with Crippen LogP contribution in [0, 0.1) is 0 Å². The van der Waals surface area contributed by atoms with Gasteiger partial charge >= 0.3 is 0 Å². The van der Waals surface area contributed by atoms with E-state index >= 15 is 0 Å². The number of hydrogen-bond donors (Lipinski definition) is 2. The van der Waals surface area contributed by atoms with Crippen LogP contribution in [-0.4, -0.2) is 33.4 Å². The van der Waals surface area contributed by atoms with Gasteiger partial charge in [0, 0.05) is 20.6 Å². The maximum atomic E-state index is 11.8. The molecule has 0 aliphatic heterocycles. The van der Waals surface area contributed by atoms with Crippen molar-refractivity contribution in [2.75, 3.05) is 20.6 Å². The van der Waals surface area contributed by atoms with Gasteiger partial charge in [0.25, 0.3) is 10.2 Å². The minimum Gasteiger partial charge on any atom is -0.328 e. The number of benzene rings is 1. The molecule has 0 saturated carbocycles. The fourth-order valence-corrected chi connectivity index (χ4v) is 2.35. The Morgan fingerprint density at radius 3 is 2.24 bits per heavy atom. The van der Waals surface area contributed by atoms with Gasteiger partial charge in [-0.2, -0.15) is 17.4 Å². The normalized spacial score (nSPS) is 15.8. The number of nitrogens with two attached hydrogens (primary N) is 1. The Balaban J connectivity index is 3.07. The van der Waals surface area contributed by atoms with E-state index in [9.17, 15) is 8.42 Å². The fourth-order valence-electron chi connectivity index (χ4n) is 1.40. The zero-order valence-electron chi connectivity index (χ0n) is 10.3. The highest BCUT2D eigenvalue weighted by Crippen LogP contribution is 2.20. The quantitative estimate of drug-likeness (QED) is 0.794. The zero-order chi connectivity index (χ0) is 13.1. The molecule has 0 amide bonds. The second-order valence-electron chi connectivity index (χ2n) is 4.29. The lowest BCUT2D eigenvalue weighted by Gasteiger charge is -2.30. The van der Waals surface area contributed by atoms with Gasteiger partial charge in [0.2, 0.25) is 0 Å². The largest absolute Gasteiger partial charge is 0.328 e. The van der Waals surface area contributed by atoms with Gasteiger partial charge in [0.15, 0.2) is 0 Å². The van der Waals surface area contributed by atoms with Crippen LogP contribution >= 0.6 is 0 Å². The molecular weight excluding hydrogens is 238 g/mol. The molecule has 0 spiro atoms. The van der Waals surface area contributed by atoms with Gasteiger partial charge in [0.1, 0.15) is 0 Å². The van der Waals surface area contributed by atoms with Crippen LogP contribution in [0.3, 0.4) is 0 Å². The summed E-state index contributed by atoms with van der Waals surface area (Å²) < 4.78 is 27.4. The van der Waals surface area contributed by atoms with E-state index in [0.717, 1.165) is 9.87 Å². The second-order valence-corrected chi connectivity index (χ2v) is 6.18. The van der Waals surface area contributed by atoms with Crippen molar-refractivity contribution in [2.45, 2.75) is 12.5 Å². The summed E-state index contributed by atoms with van der Waals surface area (Å²) in [4.78, 5) is 0. The molecule has 0 bridgehead atoms. The highest BCUT2D eigenvalue weighted by Gasteiger charge is 2.31. The Morgan fingerprint density at radius 2 is 1.82 bits per heavy atom. The fraction of sp³-hybridized carbons (Fsp3) is 0.455. The highest BCUT2D eigenvalue weighted by atomic mass is 32.2. The monoisotopic (exact) mass is 257 g/mol. The van der Waals surface area contributed by atoms with Crippen molar-refractivity contribution in [2.24, 2.45) is 5.73 Å². The minimum atomic E-state index is -3.51. The first-order chi connectivity index (χ1) is 7.82. The lowest BCUT2D eigenvalue weighted by Crippen LogP contribution is -2.52. The summed E-state index contributed by atoms with van der Waals surface area (Å²) in [6.07, 6.45) is 0. The summed E-state index contributed by atoms with van der Waals surface area (Å²) in [5, 5.41) is 0. The van der Waals surface area contributed by atoms with Crippen LogP contribution in [0.25, 0.3) is 0 Å². The van der Waals surface area contributed by atoms with Crippen LogP contribution < -0.4 is 10.5 Å². The molecular formula is C11H19N3O2S. The molecule has 0 saturated heterocycles. The average Bonchev–Trinajstić information content (AvgIpc) is 2.29. The zero-order valence-corrected chi connectivity index (χ0v) is 11.2. The van der Waals surface area contributed by atoms with E-state index in [2.05, 4.69) is 4.72 Å². The summed E-state index contributed by atoms with van der Waals surface area (Å²) in [5.74, 6) is 0. The summed E-state index contributed by atoms with van der Waals surface area (Å²) in [7, 11) is -0.560. The first-order valence-electron chi connectivity index (χ1n) is 5.29. The van der Waals surface area contributed by atoms with Gasteiger partial charge in [0.05, 0.1) is 5.54 Å². The Hall–Kier alpha value is -0.950. The van der Waals surface area contributed by atoms with Crippen molar-refractivity contribution in [1.82, 2.24) is 9.03 Å². The summed E-state index contributed by atoms with van der Waals surface area (Å²) in [5.41, 5.74) is 5.74. The number of nitrogens with zero attached hydrogens (tertiary/aromatic N) is 1. The van der Waals surface area contributed by atoms with Crippen molar-refractivity contribution >= 4 is 10.2 Å². The van der Waals surface area contributed by atoms with Gasteiger partial charge in [-0.05, 0) is 12.5 Å². The van der Waals surface area contributed by atoms with E-state index < -0.39 is 15.7 Å². The van der Waals surface area contributed by atoms with E-state index in [1.165, 1.54) is 14.1 Å². The molecule has 17 heavy (non-hydrogen) atoms. The van der Waals surface area contributed by atoms with Gasteiger partial charge in [-0.3, -0.25) is 0 Å². The smallest absolute Gasteiger partial charge is 0.279 e. The predicted molar refractivity (Wildman–Crippen MR) is 68.6 cm³/mol. The van der Waals surface area contributed by atoms with Crippen LogP contribution in [0.4, 0.5) is 0 Å². The van der Waals surface area contributed by atoms with E-state index in [1.54, 1.807) is 6.92 Å². The summed E-state index contributed by atoms with van der Waals surface area (Å²) in [6.45, 7) is 1.95. The van der Waals surface area contributed by atoms with Crippen LogP contribution in [-0.2, 0) is 15.7 Å². The Kier molecular flexibility index (Phi) is 4.26. The van der Waals surface area contributed by atoms with Crippen molar-refractivity contribution in [3.63, 3.8) is 0 Å². The van der Waals surface area contributed by atoms with Crippen LogP contribution in [0.5, 0.6) is 0 Å². The Morgan fingerprint density at radius 1 is 1.29 bits per heavy atom. The van der Waals surface area contributed by atoms with Gasteiger partial charge in [-0.25, -0.2) is 0 Å². The lowest BCUT2D eigenvalue weighted by molar-refractivity contribution is 0.416. The van der Waals surface area contributed by atoms with Gasteiger partial charge in [-0.15, -0.1) is 0 Å². The van der Waals surface area contributed by atoms with Crippen molar-refractivity contribution in [1.29, 1.82) is 0 Å². The molecule has 0 aliphatic carbocycles. The Bertz CT molecular complexity index is 459. The number of rotatable bonds is 5. The van der Waals surface area contributed by atoms with Crippen molar-refractivity contribution < 1.29 is 8.42 Å². The second kappa shape index (κ2) is 5.14. The van der Waals surface area contributed by atoms with E-state index in [0.29, 0.717) is 0 Å². The van der Waals surface area contributed by atoms with Crippen molar-refractivity contribution in [3.05, 3.63) is 35.9 Å². The van der Waals surface area contributed by atoms with E-state index in [-0.39, 0.29) is 6.54 Å². The molecule has 3 N–H and O–H groups in total. The molecule has 1 rings (SSSR count). The minimum absolute atomic E-state index is 0.185. The third kappa shape index (κ3) is 3.26. The maximum absolute atomic E-state index is 11.8. The highest BCUT2D eigenvalue weighted by molar-refractivity contribution is 7.87. The molecule has 1 unspecified atom stereocenters. The first-order valence-corrected chi connectivity index (χ1v) is 6.73. The molecule has 1 aromatic rings. The van der Waals surface area contributed by atoms with E-state index in [1.807, 2.05) is 30.3 Å². The molecule has 6 heteroatoms. The van der Waals surface area contributed by atoms with Crippen LogP contribution in [0.1, 0.15) is 12.5 Å². The van der Waals surface area contributed by atoms with Crippen LogP contribution in [0.2, 0.25) is 0 Å². The lowest BCUT2D eigenvalue weighted by atomic mass is 9.94. The van der Waals surface area contributed by atoms with Gasteiger partial charge in [-0.1, -0.05) is 30.3 Å². The molecule has 1 aromatic carbocycles. The molecule has 0 fully saturated rings. The molecule has 0 aromatic heterocycles. The summed E-state index contributed by atoms with van der Waals surface area (Å²) in [6, 6.07) is 9.29. The molecule has 0 radical (unpaired) electrons. The summed E-state index contributed by atoms with van der Waals surface area (Å²) >= 11 is 0. The third-order valence-corrected chi connectivity index (χ3v) is 4.32. The molecule has 5 nitrogen and oxygen atoms in total.